The van der Waals surface area contributed by atoms with Gasteiger partial charge in [0.2, 0.25) is 5.91 Å². The van der Waals surface area contributed by atoms with Crippen molar-refractivity contribution in [1.82, 2.24) is 5.32 Å². The van der Waals surface area contributed by atoms with Gasteiger partial charge in [0.05, 0.1) is 12.5 Å². The number of carbonyl (C=O) groups is 1. The van der Waals surface area contributed by atoms with Gasteiger partial charge >= 0.3 is 0 Å². The molecule has 0 bridgehead atoms. The molecule has 19 heavy (non-hydrogen) atoms. The van der Waals surface area contributed by atoms with Crippen LogP contribution in [0.2, 0.25) is 0 Å². The number of hydrogen-bond acceptors (Lipinski definition) is 3. The summed E-state index contributed by atoms with van der Waals surface area (Å²) >= 11 is 0. The highest BCUT2D eigenvalue weighted by Crippen LogP contribution is 2.56. The first-order valence-corrected chi connectivity index (χ1v) is 6.84. The van der Waals surface area contributed by atoms with Crippen molar-refractivity contribution in [2.24, 2.45) is 11.7 Å². The Hall–Kier alpha value is -1.39. The molecule has 2 aliphatic rings. The number of nitrogens with one attached hydrogen (secondary N) is 1. The summed E-state index contributed by atoms with van der Waals surface area (Å²) in [6, 6.07) is 8.85. The summed E-state index contributed by atoms with van der Waals surface area (Å²) in [6.07, 6.45) is 1.27. The zero-order valence-corrected chi connectivity index (χ0v) is 11.1. The SMILES string of the molecule is COC(CN)CC(=O)NC1C2Cc3ccccc3C21. The monoisotopic (exact) mass is 260 g/mol. The Bertz CT molecular complexity index is 485. The number of amides is 1. The third-order valence-corrected chi connectivity index (χ3v) is 4.38. The van der Waals surface area contributed by atoms with Gasteiger partial charge in [0, 0.05) is 25.6 Å². The number of benzene rings is 1. The highest BCUT2D eigenvalue weighted by atomic mass is 16.5. The zero-order valence-electron chi connectivity index (χ0n) is 11.1. The van der Waals surface area contributed by atoms with Gasteiger partial charge in [0.25, 0.3) is 0 Å². The molecule has 4 unspecified atom stereocenters. The Labute approximate surface area is 113 Å². The van der Waals surface area contributed by atoms with Gasteiger partial charge in [-0.25, -0.2) is 0 Å². The smallest absolute Gasteiger partial charge is 0.222 e. The number of hydrogen-bond donors (Lipinski definition) is 2. The number of rotatable bonds is 5. The summed E-state index contributed by atoms with van der Waals surface area (Å²) in [4.78, 5) is 11.9. The number of methoxy groups -OCH3 is 1. The first kappa shape index (κ1) is 12.6. The number of nitrogens with two attached hydrogens (primary N) is 1. The molecule has 4 heteroatoms. The first-order chi connectivity index (χ1) is 9.24. The molecule has 0 aliphatic heterocycles. The summed E-state index contributed by atoms with van der Waals surface area (Å²) in [6.45, 7) is 0.379. The summed E-state index contributed by atoms with van der Waals surface area (Å²) in [5.74, 6) is 1.17. The molecule has 0 heterocycles. The molecule has 1 fully saturated rings. The van der Waals surface area contributed by atoms with E-state index in [1.807, 2.05) is 0 Å². The minimum absolute atomic E-state index is 0.0502. The molecule has 0 aromatic heterocycles. The molecule has 1 aromatic carbocycles. The van der Waals surface area contributed by atoms with E-state index >= 15 is 0 Å². The highest BCUT2D eigenvalue weighted by Gasteiger charge is 2.56. The second-order valence-electron chi connectivity index (χ2n) is 5.48. The topological polar surface area (TPSA) is 64.3 Å². The van der Waals surface area contributed by atoms with Gasteiger partial charge < -0.3 is 15.8 Å². The average molecular weight is 260 g/mol. The molecule has 1 saturated carbocycles. The summed E-state index contributed by atoms with van der Waals surface area (Å²) in [5, 5.41) is 3.12. The number of fused-ring (bicyclic) bond motifs is 3. The molecule has 3 N–H and O–H groups in total. The summed E-state index contributed by atoms with van der Waals surface area (Å²) < 4.78 is 5.14. The van der Waals surface area contributed by atoms with Crippen LogP contribution < -0.4 is 11.1 Å². The minimum atomic E-state index is -0.175. The molecule has 0 saturated heterocycles. The third kappa shape index (κ3) is 2.26. The molecule has 2 aliphatic carbocycles. The van der Waals surface area contributed by atoms with E-state index < -0.39 is 0 Å². The lowest BCUT2D eigenvalue weighted by Gasteiger charge is -2.14. The lowest BCUT2D eigenvalue weighted by Crippen LogP contribution is -2.34. The van der Waals surface area contributed by atoms with Crippen molar-refractivity contribution in [3.05, 3.63) is 35.4 Å². The van der Waals surface area contributed by atoms with Gasteiger partial charge in [-0.1, -0.05) is 24.3 Å². The normalized spacial score (nSPS) is 28.4. The molecular weight excluding hydrogens is 240 g/mol. The quantitative estimate of drug-likeness (QED) is 0.823. The van der Waals surface area contributed by atoms with Gasteiger partial charge in [-0.05, 0) is 23.5 Å². The van der Waals surface area contributed by atoms with Crippen LogP contribution in [-0.2, 0) is 16.0 Å². The minimum Gasteiger partial charge on any atom is -0.380 e. The van der Waals surface area contributed by atoms with Gasteiger partial charge in [-0.15, -0.1) is 0 Å². The van der Waals surface area contributed by atoms with Crippen molar-refractivity contribution in [2.45, 2.75) is 30.9 Å². The summed E-state index contributed by atoms with van der Waals surface area (Å²) in [7, 11) is 1.59. The van der Waals surface area contributed by atoms with Gasteiger partial charge in [0.1, 0.15) is 0 Å². The standard InChI is InChI=1S/C15H20N2O2/c1-19-10(8-16)7-13(18)17-15-12-6-9-4-2-3-5-11(9)14(12)15/h2-5,10,12,14-15H,6-8,16H2,1H3,(H,17,18). The van der Waals surface area contributed by atoms with E-state index in [2.05, 4.69) is 29.6 Å². The second kappa shape index (κ2) is 4.94. The molecule has 102 valence electrons. The molecule has 1 aromatic rings. The van der Waals surface area contributed by atoms with Crippen LogP contribution in [0.4, 0.5) is 0 Å². The van der Waals surface area contributed by atoms with E-state index in [0.717, 1.165) is 6.42 Å². The maximum absolute atomic E-state index is 11.9. The van der Waals surface area contributed by atoms with Crippen LogP contribution in [0.3, 0.4) is 0 Å². The zero-order chi connectivity index (χ0) is 13.4. The van der Waals surface area contributed by atoms with Gasteiger partial charge in [-0.3, -0.25) is 4.79 Å². The fourth-order valence-electron chi connectivity index (χ4n) is 3.26. The van der Waals surface area contributed by atoms with E-state index in [-0.39, 0.29) is 12.0 Å². The van der Waals surface area contributed by atoms with Crippen molar-refractivity contribution in [3.8, 4) is 0 Å². The molecule has 0 spiro atoms. The van der Waals surface area contributed by atoms with Crippen LogP contribution >= 0.6 is 0 Å². The molecule has 1 amide bonds. The fourth-order valence-corrected chi connectivity index (χ4v) is 3.26. The van der Waals surface area contributed by atoms with E-state index in [4.69, 9.17) is 10.5 Å². The predicted molar refractivity (Wildman–Crippen MR) is 72.8 cm³/mol. The third-order valence-electron chi connectivity index (χ3n) is 4.38. The molecule has 0 radical (unpaired) electrons. The van der Waals surface area contributed by atoms with Crippen LogP contribution in [-0.4, -0.2) is 31.7 Å². The summed E-state index contributed by atoms with van der Waals surface area (Å²) in [5.41, 5.74) is 8.39. The average Bonchev–Trinajstić information content (AvgIpc) is 2.94. The predicted octanol–water partition coefficient (Wildman–Crippen LogP) is 0.805. The molecular formula is C15H20N2O2. The Morgan fingerprint density at radius 3 is 3.05 bits per heavy atom. The second-order valence-corrected chi connectivity index (χ2v) is 5.48. The van der Waals surface area contributed by atoms with E-state index in [9.17, 15) is 4.79 Å². The van der Waals surface area contributed by atoms with Crippen molar-refractivity contribution < 1.29 is 9.53 Å². The van der Waals surface area contributed by atoms with Crippen molar-refractivity contribution in [1.29, 1.82) is 0 Å². The van der Waals surface area contributed by atoms with Crippen molar-refractivity contribution in [2.75, 3.05) is 13.7 Å². The van der Waals surface area contributed by atoms with Gasteiger partial charge in [0.15, 0.2) is 0 Å². The molecule has 4 atom stereocenters. The van der Waals surface area contributed by atoms with Crippen LogP contribution in [0.1, 0.15) is 23.5 Å². The van der Waals surface area contributed by atoms with Crippen LogP contribution in [0, 0.1) is 5.92 Å². The van der Waals surface area contributed by atoms with Crippen LogP contribution in [0.15, 0.2) is 24.3 Å². The van der Waals surface area contributed by atoms with E-state index in [0.29, 0.717) is 30.8 Å². The van der Waals surface area contributed by atoms with Crippen LogP contribution in [0.5, 0.6) is 0 Å². The Kier molecular flexibility index (Phi) is 3.29. The highest BCUT2D eigenvalue weighted by molar-refractivity contribution is 5.77. The van der Waals surface area contributed by atoms with Crippen molar-refractivity contribution >= 4 is 5.91 Å². The van der Waals surface area contributed by atoms with Gasteiger partial charge in [-0.2, -0.15) is 0 Å². The molecule has 3 rings (SSSR count). The Morgan fingerprint density at radius 2 is 2.32 bits per heavy atom. The molecule has 4 nitrogen and oxygen atoms in total. The fraction of sp³-hybridized carbons (Fsp3) is 0.533. The van der Waals surface area contributed by atoms with Crippen molar-refractivity contribution in [3.63, 3.8) is 0 Å². The lowest BCUT2D eigenvalue weighted by atomic mass is 10.1. The maximum atomic E-state index is 11.9. The van der Waals surface area contributed by atoms with E-state index in [1.54, 1.807) is 7.11 Å². The van der Waals surface area contributed by atoms with E-state index in [1.165, 1.54) is 11.1 Å². The maximum Gasteiger partial charge on any atom is 0.222 e. The number of carbonyl (C=O) groups excluding carboxylic acids is 1. The van der Waals surface area contributed by atoms with Crippen LogP contribution in [0.25, 0.3) is 0 Å². The lowest BCUT2D eigenvalue weighted by molar-refractivity contribution is -0.123. The first-order valence-electron chi connectivity index (χ1n) is 6.84. The Morgan fingerprint density at radius 1 is 1.53 bits per heavy atom. The Balaban J connectivity index is 1.56. The number of ether oxygens (including phenoxy) is 1. The largest absolute Gasteiger partial charge is 0.380 e.